The van der Waals surface area contributed by atoms with E-state index in [9.17, 15) is 4.79 Å². The second-order valence-corrected chi connectivity index (χ2v) is 6.48. The molecule has 0 N–H and O–H groups in total. The molecule has 0 aliphatic rings. The van der Waals surface area contributed by atoms with Gasteiger partial charge in [0.15, 0.2) is 10.9 Å². The fourth-order valence-corrected chi connectivity index (χ4v) is 3.23. The molecule has 0 radical (unpaired) electrons. The van der Waals surface area contributed by atoms with Crippen molar-refractivity contribution in [3.8, 4) is 11.3 Å². The standard InChI is InChI=1S/C17H12Cl2N2O2S/c1-2-7-21(16(22)15-4-3-8-23-15)17-20-14(10-24-17)11-5-6-12(18)13(19)9-11/h2-6,8-10H,1,7H2. The van der Waals surface area contributed by atoms with Crippen LogP contribution in [0.2, 0.25) is 10.0 Å². The average molecular weight is 379 g/mol. The maximum atomic E-state index is 12.6. The second kappa shape index (κ2) is 7.21. The molecule has 24 heavy (non-hydrogen) atoms. The lowest BCUT2D eigenvalue weighted by Gasteiger charge is -2.16. The van der Waals surface area contributed by atoms with Crippen molar-refractivity contribution in [3.05, 3.63) is 70.4 Å². The lowest BCUT2D eigenvalue weighted by molar-refractivity contribution is 0.0963. The third-order valence-electron chi connectivity index (χ3n) is 3.23. The van der Waals surface area contributed by atoms with Crippen LogP contribution in [0.4, 0.5) is 5.13 Å². The average Bonchev–Trinajstić information content (AvgIpc) is 3.26. The number of hydrogen-bond acceptors (Lipinski definition) is 4. The molecule has 3 rings (SSSR count). The summed E-state index contributed by atoms with van der Waals surface area (Å²) in [5.41, 5.74) is 1.55. The van der Waals surface area contributed by atoms with E-state index >= 15 is 0 Å². The zero-order valence-corrected chi connectivity index (χ0v) is 14.7. The molecule has 7 heteroatoms. The number of furan rings is 1. The van der Waals surface area contributed by atoms with E-state index < -0.39 is 0 Å². The quantitative estimate of drug-likeness (QED) is 0.547. The minimum absolute atomic E-state index is 0.253. The molecule has 122 valence electrons. The first-order chi connectivity index (χ1) is 11.6. The smallest absolute Gasteiger partial charge is 0.296 e. The number of thiazole rings is 1. The van der Waals surface area contributed by atoms with Gasteiger partial charge in [-0.3, -0.25) is 9.69 Å². The summed E-state index contributed by atoms with van der Waals surface area (Å²) >= 11 is 13.4. The molecule has 0 saturated carbocycles. The fraction of sp³-hybridized carbons (Fsp3) is 0.0588. The van der Waals surface area contributed by atoms with Crippen LogP contribution in [0.25, 0.3) is 11.3 Å². The van der Waals surface area contributed by atoms with Crippen LogP contribution >= 0.6 is 34.5 Å². The molecule has 0 spiro atoms. The van der Waals surface area contributed by atoms with Crippen molar-refractivity contribution < 1.29 is 9.21 Å². The first-order valence-electron chi connectivity index (χ1n) is 6.97. The van der Waals surface area contributed by atoms with Crippen molar-refractivity contribution in [2.75, 3.05) is 11.4 Å². The molecule has 2 heterocycles. The SMILES string of the molecule is C=CCN(C(=O)c1ccco1)c1nc(-c2ccc(Cl)c(Cl)c2)cs1. The van der Waals surface area contributed by atoms with Crippen molar-refractivity contribution in [1.29, 1.82) is 0 Å². The Morgan fingerprint density at radius 3 is 2.83 bits per heavy atom. The van der Waals surface area contributed by atoms with E-state index in [-0.39, 0.29) is 11.7 Å². The molecule has 0 fully saturated rings. The van der Waals surface area contributed by atoms with Gasteiger partial charge in [-0.1, -0.05) is 35.3 Å². The Kier molecular flexibility index (Phi) is 5.04. The van der Waals surface area contributed by atoms with Crippen LogP contribution in [-0.4, -0.2) is 17.4 Å². The molecule has 1 aromatic carbocycles. The molecular formula is C17H12Cl2N2O2S. The van der Waals surface area contributed by atoms with Gasteiger partial charge in [0.2, 0.25) is 0 Å². The first kappa shape index (κ1) is 16.8. The number of benzene rings is 1. The highest BCUT2D eigenvalue weighted by Gasteiger charge is 2.22. The normalized spacial score (nSPS) is 10.6. The number of amides is 1. The summed E-state index contributed by atoms with van der Waals surface area (Å²) in [5.74, 6) is -0.0157. The van der Waals surface area contributed by atoms with Gasteiger partial charge in [0.1, 0.15) is 0 Å². The molecule has 3 aromatic rings. The Morgan fingerprint density at radius 2 is 2.17 bits per heavy atom. The number of aromatic nitrogens is 1. The van der Waals surface area contributed by atoms with E-state index in [0.717, 1.165) is 11.3 Å². The van der Waals surface area contributed by atoms with Gasteiger partial charge in [-0.05, 0) is 24.3 Å². The zero-order valence-electron chi connectivity index (χ0n) is 12.4. The molecule has 0 atom stereocenters. The summed E-state index contributed by atoms with van der Waals surface area (Å²) in [6.07, 6.45) is 3.10. The summed E-state index contributed by atoms with van der Waals surface area (Å²) in [4.78, 5) is 18.6. The first-order valence-corrected chi connectivity index (χ1v) is 8.61. The van der Waals surface area contributed by atoms with Crippen LogP contribution in [0.1, 0.15) is 10.6 Å². The van der Waals surface area contributed by atoms with Gasteiger partial charge in [-0.25, -0.2) is 4.98 Å². The van der Waals surface area contributed by atoms with Gasteiger partial charge in [-0.15, -0.1) is 17.9 Å². The summed E-state index contributed by atoms with van der Waals surface area (Å²) in [7, 11) is 0. The Hall–Kier alpha value is -2.08. The molecule has 0 bridgehead atoms. The maximum Gasteiger partial charge on any atom is 0.296 e. The maximum absolute atomic E-state index is 12.6. The Morgan fingerprint density at radius 1 is 1.33 bits per heavy atom. The molecule has 0 unspecified atom stereocenters. The number of anilines is 1. The van der Waals surface area contributed by atoms with Crippen molar-refractivity contribution in [2.45, 2.75) is 0 Å². The molecule has 0 aliphatic carbocycles. The molecule has 0 aliphatic heterocycles. The highest BCUT2D eigenvalue weighted by atomic mass is 35.5. The Bertz CT molecular complexity index is 875. The van der Waals surface area contributed by atoms with Gasteiger partial charge in [0.05, 0.1) is 22.0 Å². The lowest BCUT2D eigenvalue weighted by Crippen LogP contribution is -2.30. The van der Waals surface area contributed by atoms with E-state index in [1.807, 2.05) is 11.4 Å². The van der Waals surface area contributed by atoms with Gasteiger partial charge >= 0.3 is 0 Å². The monoisotopic (exact) mass is 378 g/mol. The van der Waals surface area contributed by atoms with Crippen molar-refractivity contribution in [3.63, 3.8) is 0 Å². The van der Waals surface area contributed by atoms with Crippen LogP contribution in [0.15, 0.2) is 59.0 Å². The number of carbonyl (C=O) groups is 1. The molecule has 4 nitrogen and oxygen atoms in total. The van der Waals surface area contributed by atoms with Crippen LogP contribution < -0.4 is 4.90 Å². The largest absolute Gasteiger partial charge is 0.459 e. The van der Waals surface area contributed by atoms with Gasteiger partial charge < -0.3 is 4.42 Å². The third kappa shape index (κ3) is 3.38. The van der Waals surface area contributed by atoms with Crippen LogP contribution in [0, 0.1) is 0 Å². The third-order valence-corrected chi connectivity index (χ3v) is 4.83. The van der Waals surface area contributed by atoms with Crippen molar-refractivity contribution in [1.82, 2.24) is 4.98 Å². The van der Waals surface area contributed by atoms with E-state index in [1.165, 1.54) is 22.5 Å². The molecule has 2 aromatic heterocycles. The van der Waals surface area contributed by atoms with Crippen LogP contribution in [0.5, 0.6) is 0 Å². The van der Waals surface area contributed by atoms with Crippen LogP contribution in [-0.2, 0) is 0 Å². The van der Waals surface area contributed by atoms with E-state index in [4.69, 9.17) is 27.6 Å². The van der Waals surface area contributed by atoms with Crippen molar-refractivity contribution >= 4 is 45.6 Å². The number of carbonyl (C=O) groups excluding carboxylic acids is 1. The minimum Gasteiger partial charge on any atom is -0.459 e. The van der Waals surface area contributed by atoms with Gasteiger partial charge in [0.25, 0.3) is 5.91 Å². The summed E-state index contributed by atoms with van der Waals surface area (Å²) in [6.45, 7) is 4.02. The summed E-state index contributed by atoms with van der Waals surface area (Å²) < 4.78 is 5.18. The van der Waals surface area contributed by atoms with E-state index in [1.54, 1.807) is 30.3 Å². The minimum atomic E-state index is -0.269. The van der Waals surface area contributed by atoms with E-state index in [2.05, 4.69) is 11.6 Å². The van der Waals surface area contributed by atoms with Gasteiger partial charge in [0, 0.05) is 17.5 Å². The zero-order chi connectivity index (χ0) is 17.1. The van der Waals surface area contributed by atoms with Crippen LogP contribution in [0.3, 0.4) is 0 Å². The number of hydrogen-bond donors (Lipinski definition) is 0. The number of rotatable bonds is 5. The predicted molar refractivity (Wildman–Crippen MR) is 98.2 cm³/mol. The lowest BCUT2D eigenvalue weighted by atomic mass is 10.2. The number of nitrogens with zero attached hydrogens (tertiary/aromatic N) is 2. The highest BCUT2D eigenvalue weighted by Crippen LogP contribution is 2.32. The highest BCUT2D eigenvalue weighted by molar-refractivity contribution is 7.14. The Labute approximate surface area is 152 Å². The fourth-order valence-electron chi connectivity index (χ4n) is 2.09. The predicted octanol–water partition coefficient (Wildman–Crippen LogP) is 5.54. The topological polar surface area (TPSA) is 46.3 Å². The molecule has 1 amide bonds. The summed E-state index contributed by atoms with van der Waals surface area (Å²) in [6, 6.07) is 8.58. The van der Waals surface area contributed by atoms with Crippen molar-refractivity contribution in [2.24, 2.45) is 0 Å². The Balaban J connectivity index is 1.92. The molecular weight excluding hydrogens is 367 g/mol. The number of halogens is 2. The van der Waals surface area contributed by atoms with E-state index in [0.29, 0.717) is 21.7 Å². The van der Waals surface area contributed by atoms with Gasteiger partial charge in [-0.2, -0.15) is 0 Å². The summed E-state index contributed by atoms with van der Waals surface area (Å²) in [5, 5.41) is 3.35. The molecule has 0 saturated heterocycles. The second-order valence-electron chi connectivity index (χ2n) is 4.83.